The first-order chi connectivity index (χ1) is 14.6. The summed E-state index contributed by atoms with van der Waals surface area (Å²) in [4.78, 5) is 23.9. The number of ketones is 1. The number of Topliss-reactive ketones (excluding diaryl/α,β-unsaturated/α-hetero) is 1. The van der Waals surface area contributed by atoms with Gasteiger partial charge in [0.15, 0.2) is 5.78 Å². The van der Waals surface area contributed by atoms with Gasteiger partial charge in [0, 0.05) is 27.6 Å². The van der Waals surface area contributed by atoms with E-state index in [9.17, 15) is 9.59 Å². The average Bonchev–Trinajstić information content (AvgIpc) is 2.78. The minimum absolute atomic E-state index is 0.0410. The summed E-state index contributed by atoms with van der Waals surface area (Å²) >= 11 is 1.34. The van der Waals surface area contributed by atoms with Crippen molar-refractivity contribution in [3.05, 3.63) is 84.4 Å². The molecular formula is C24H19N3O2S. The van der Waals surface area contributed by atoms with Gasteiger partial charge in [0.2, 0.25) is 5.91 Å². The van der Waals surface area contributed by atoms with Crippen molar-refractivity contribution in [3.63, 3.8) is 0 Å². The average molecular weight is 414 g/mol. The Morgan fingerprint density at radius 1 is 0.867 bits per heavy atom. The van der Waals surface area contributed by atoms with Gasteiger partial charge in [-0.3, -0.25) is 9.59 Å². The van der Waals surface area contributed by atoms with Gasteiger partial charge in [-0.15, -0.1) is 10.2 Å². The molecule has 1 aromatic heterocycles. The molecule has 3 aromatic carbocycles. The molecule has 1 N–H and O–H groups in total. The van der Waals surface area contributed by atoms with Crippen molar-refractivity contribution in [2.45, 2.75) is 11.9 Å². The number of carbonyl (C=O) groups is 2. The maximum absolute atomic E-state index is 12.4. The van der Waals surface area contributed by atoms with Crippen LogP contribution in [0.1, 0.15) is 17.3 Å². The molecule has 0 spiro atoms. The number of thioether (sulfide) groups is 1. The van der Waals surface area contributed by atoms with Gasteiger partial charge in [0.1, 0.15) is 10.7 Å². The largest absolute Gasteiger partial charge is 0.325 e. The van der Waals surface area contributed by atoms with Crippen LogP contribution in [0.3, 0.4) is 0 Å². The zero-order chi connectivity index (χ0) is 20.9. The van der Waals surface area contributed by atoms with Gasteiger partial charge in [-0.2, -0.15) is 0 Å². The van der Waals surface area contributed by atoms with E-state index in [-0.39, 0.29) is 17.4 Å². The van der Waals surface area contributed by atoms with Crippen molar-refractivity contribution < 1.29 is 9.59 Å². The Hall–Kier alpha value is -3.51. The van der Waals surface area contributed by atoms with Crippen molar-refractivity contribution in [3.8, 4) is 11.3 Å². The Bertz CT molecular complexity index is 1230. The third kappa shape index (κ3) is 4.39. The molecular weight excluding hydrogens is 394 g/mol. The van der Waals surface area contributed by atoms with Crippen LogP contribution in [0.4, 0.5) is 5.69 Å². The Balaban J connectivity index is 1.53. The highest BCUT2D eigenvalue weighted by Gasteiger charge is 2.13. The lowest BCUT2D eigenvalue weighted by Crippen LogP contribution is -2.14. The normalized spacial score (nSPS) is 10.7. The number of benzene rings is 3. The summed E-state index contributed by atoms with van der Waals surface area (Å²) in [5.74, 6) is -0.0207. The molecule has 4 aromatic rings. The molecule has 6 heteroatoms. The summed E-state index contributed by atoms with van der Waals surface area (Å²) in [6.45, 7) is 1.50. The first-order valence-electron chi connectivity index (χ1n) is 9.46. The van der Waals surface area contributed by atoms with Gasteiger partial charge in [0.25, 0.3) is 0 Å². The Morgan fingerprint density at radius 3 is 2.37 bits per heavy atom. The summed E-state index contributed by atoms with van der Waals surface area (Å²) < 4.78 is 0. The number of anilines is 1. The van der Waals surface area contributed by atoms with Crippen LogP contribution in [0.15, 0.2) is 83.9 Å². The first-order valence-corrected chi connectivity index (χ1v) is 10.4. The van der Waals surface area contributed by atoms with Gasteiger partial charge < -0.3 is 5.32 Å². The van der Waals surface area contributed by atoms with Crippen LogP contribution in [-0.4, -0.2) is 27.6 Å². The number of amides is 1. The quantitative estimate of drug-likeness (QED) is 0.346. The molecule has 1 amide bonds. The van der Waals surface area contributed by atoms with Crippen LogP contribution in [0.2, 0.25) is 0 Å². The second kappa shape index (κ2) is 8.88. The monoisotopic (exact) mass is 413 g/mol. The van der Waals surface area contributed by atoms with Crippen molar-refractivity contribution in [1.82, 2.24) is 10.2 Å². The van der Waals surface area contributed by atoms with Gasteiger partial charge in [-0.25, -0.2) is 0 Å². The van der Waals surface area contributed by atoms with E-state index in [0.29, 0.717) is 16.3 Å². The highest BCUT2D eigenvalue weighted by atomic mass is 32.2. The molecule has 0 saturated carbocycles. The van der Waals surface area contributed by atoms with E-state index in [2.05, 4.69) is 15.5 Å². The molecule has 0 radical (unpaired) electrons. The zero-order valence-corrected chi connectivity index (χ0v) is 17.1. The van der Waals surface area contributed by atoms with E-state index < -0.39 is 0 Å². The minimum Gasteiger partial charge on any atom is -0.325 e. The van der Waals surface area contributed by atoms with E-state index in [1.807, 2.05) is 54.6 Å². The molecule has 0 saturated heterocycles. The topological polar surface area (TPSA) is 72.0 Å². The van der Waals surface area contributed by atoms with Crippen LogP contribution in [-0.2, 0) is 4.79 Å². The number of carbonyl (C=O) groups excluding carboxylic acids is 2. The SMILES string of the molecule is CC(=O)c1cccc(NC(=O)CSc2nnc(-c3ccccc3)c3ccccc23)c1. The Kier molecular flexibility index (Phi) is 5.86. The molecule has 148 valence electrons. The van der Waals surface area contributed by atoms with Crippen molar-refractivity contribution in [2.24, 2.45) is 0 Å². The fourth-order valence-corrected chi connectivity index (χ4v) is 3.91. The fourth-order valence-electron chi connectivity index (χ4n) is 3.14. The smallest absolute Gasteiger partial charge is 0.234 e. The number of hydrogen-bond donors (Lipinski definition) is 1. The summed E-state index contributed by atoms with van der Waals surface area (Å²) in [5.41, 5.74) is 2.99. The van der Waals surface area contributed by atoms with Crippen molar-refractivity contribution in [1.29, 1.82) is 0 Å². The molecule has 0 aliphatic carbocycles. The fraction of sp³-hybridized carbons (Fsp3) is 0.0833. The van der Waals surface area contributed by atoms with Crippen LogP contribution < -0.4 is 5.32 Å². The highest BCUT2D eigenvalue weighted by molar-refractivity contribution is 8.00. The third-order valence-corrected chi connectivity index (χ3v) is 5.58. The second-order valence-electron chi connectivity index (χ2n) is 6.74. The molecule has 0 aliphatic rings. The molecule has 1 heterocycles. The van der Waals surface area contributed by atoms with Crippen molar-refractivity contribution >= 4 is 39.9 Å². The predicted molar refractivity (Wildman–Crippen MR) is 121 cm³/mol. The van der Waals surface area contributed by atoms with Gasteiger partial charge in [-0.05, 0) is 19.1 Å². The third-order valence-electron chi connectivity index (χ3n) is 4.59. The lowest BCUT2D eigenvalue weighted by Gasteiger charge is -2.10. The van der Waals surface area contributed by atoms with Crippen LogP contribution in [0.25, 0.3) is 22.0 Å². The zero-order valence-electron chi connectivity index (χ0n) is 16.3. The molecule has 30 heavy (non-hydrogen) atoms. The van der Waals surface area contributed by atoms with Crippen LogP contribution in [0.5, 0.6) is 0 Å². The first kappa shape index (κ1) is 19.8. The van der Waals surface area contributed by atoms with Crippen LogP contribution in [0, 0.1) is 0 Å². The maximum Gasteiger partial charge on any atom is 0.234 e. The summed E-state index contributed by atoms with van der Waals surface area (Å²) in [7, 11) is 0. The summed E-state index contributed by atoms with van der Waals surface area (Å²) in [5, 5.41) is 14.3. The molecule has 0 bridgehead atoms. The number of aromatic nitrogens is 2. The number of rotatable bonds is 6. The van der Waals surface area contributed by atoms with E-state index >= 15 is 0 Å². The Morgan fingerprint density at radius 2 is 1.60 bits per heavy atom. The number of fused-ring (bicyclic) bond motifs is 1. The molecule has 4 rings (SSSR count). The number of nitrogens with zero attached hydrogens (tertiary/aromatic N) is 2. The standard InChI is InChI=1S/C24H19N3O2S/c1-16(28)18-10-7-11-19(14-18)25-22(29)15-30-24-21-13-6-5-12-20(21)23(26-27-24)17-8-3-2-4-9-17/h2-14H,15H2,1H3,(H,25,29). The van der Waals surface area contributed by atoms with Gasteiger partial charge in [-0.1, -0.05) is 78.5 Å². The lowest BCUT2D eigenvalue weighted by atomic mass is 10.1. The molecule has 0 atom stereocenters. The van der Waals surface area contributed by atoms with E-state index in [0.717, 1.165) is 22.0 Å². The number of hydrogen-bond acceptors (Lipinski definition) is 5. The van der Waals surface area contributed by atoms with Gasteiger partial charge >= 0.3 is 0 Å². The summed E-state index contributed by atoms with van der Waals surface area (Å²) in [6, 6.07) is 24.8. The second-order valence-corrected chi connectivity index (χ2v) is 7.70. The van der Waals surface area contributed by atoms with Gasteiger partial charge in [0.05, 0.1) is 5.75 Å². The lowest BCUT2D eigenvalue weighted by molar-refractivity contribution is -0.113. The molecule has 0 aliphatic heterocycles. The highest BCUT2D eigenvalue weighted by Crippen LogP contribution is 2.31. The van der Waals surface area contributed by atoms with E-state index in [1.54, 1.807) is 24.3 Å². The van der Waals surface area contributed by atoms with Crippen LogP contribution >= 0.6 is 11.8 Å². The summed E-state index contributed by atoms with van der Waals surface area (Å²) in [6.07, 6.45) is 0. The molecule has 0 unspecified atom stereocenters. The molecule has 0 fully saturated rings. The predicted octanol–water partition coefficient (Wildman–Crippen LogP) is 5.23. The number of nitrogens with one attached hydrogen (secondary N) is 1. The maximum atomic E-state index is 12.4. The van der Waals surface area contributed by atoms with E-state index in [4.69, 9.17) is 0 Å². The van der Waals surface area contributed by atoms with E-state index in [1.165, 1.54) is 18.7 Å². The van der Waals surface area contributed by atoms with Crippen molar-refractivity contribution in [2.75, 3.05) is 11.1 Å². The Labute approximate surface area is 178 Å². The molecule has 5 nitrogen and oxygen atoms in total. The minimum atomic E-state index is -0.168.